The zero-order valence-electron chi connectivity index (χ0n) is 12.4. The largest absolute Gasteiger partial charge is 0.457 e. The molecule has 0 radical (unpaired) electrons. The van der Waals surface area contributed by atoms with E-state index in [0.29, 0.717) is 12.8 Å². The molecule has 2 heterocycles. The first-order valence-electron chi connectivity index (χ1n) is 7.68. The van der Waals surface area contributed by atoms with Crippen LogP contribution in [0.4, 0.5) is 0 Å². The van der Waals surface area contributed by atoms with Crippen molar-refractivity contribution in [3.63, 3.8) is 0 Å². The van der Waals surface area contributed by atoms with Crippen molar-refractivity contribution in [2.24, 2.45) is 0 Å². The Morgan fingerprint density at radius 2 is 1.65 bits per heavy atom. The molecule has 2 aliphatic rings. The van der Waals surface area contributed by atoms with Crippen molar-refractivity contribution >= 4 is 11.8 Å². The monoisotopic (exact) mass is 308 g/mol. The van der Waals surface area contributed by atoms with Crippen LogP contribution in [0.5, 0.6) is 11.5 Å². The van der Waals surface area contributed by atoms with Crippen LogP contribution >= 0.6 is 0 Å². The molecule has 2 amide bonds. The molecule has 1 saturated heterocycles. The van der Waals surface area contributed by atoms with E-state index in [9.17, 15) is 9.59 Å². The van der Waals surface area contributed by atoms with Crippen molar-refractivity contribution in [3.05, 3.63) is 59.7 Å². The van der Waals surface area contributed by atoms with Crippen LogP contribution in [0.3, 0.4) is 0 Å². The van der Waals surface area contributed by atoms with Gasteiger partial charge in [-0.1, -0.05) is 36.4 Å². The van der Waals surface area contributed by atoms with Crippen molar-refractivity contribution in [1.29, 1.82) is 0 Å². The minimum Gasteiger partial charge on any atom is -0.457 e. The van der Waals surface area contributed by atoms with E-state index in [1.54, 1.807) is 0 Å². The van der Waals surface area contributed by atoms with Crippen LogP contribution in [0.25, 0.3) is 0 Å². The van der Waals surface area contributed by atoms with Gasteiger partial charge >= 0.3 is 0 Å². The molecule has 0 unspecified atom stereocenters. The molecule has 0 aromatic heterocycles. The normalized spacial score (nSPS) is 19.3. The van der Waals surface area contributed by atoms with E-state index in [-0.39, 0.29) is 17.9 Å². The molecule has 0 aliphatic carbocycles. The Kier molecular flexibility index (Phi) is 3.26. The molecule has 0 spiro atoms. The van der Waals surface area contributed by atoms with Crippen LogP contribution < -0.4 is 15.4 Å². The zero-order valence-corrected chi connectivity index (χ0v) is 12.4. The van der Waals surface area contributed by atoms with E-state index in [0.717, 1.165) is 22.6 Å². The third-order valence-corrected chi connectivity index (χ3v) is 4.28. The maximum Gasteiger partial charge on any atom is 0.243 e. The predicted molar refractivity (Wildman–Crippen MR) is 84.1 cm³/mol. The van der Waals surface area contributed by atoms with Gasteiger partial charge in [-0.2, -0.15) is 0 Å². The fraction of sp³-hybridized carbons (Fsp3) is 0.222. The van der Waals surface area contributed by atoms with Gasteiger partial charge in [-0.05, 0) is 18.6 Å². The van der Waals surface area contributed by atoms with Crippen molar-refractivity contribution in [3.8, 4) is 11.5 Å². The Bertz CT molecular complexity index is 742. The third-order valence-electron chi connectivity index (χ3n) is 4.28. The molecule has 0 saturated carbocycles. The summed E-state index contributed by atoms with van der Waals surface area (Å²) in [7, 11) is 0. The highest BCUT2D eigenvalue weighted by Gasteiger charge is 2.32. The second kappa shape index (κ2) is 5.43. The number of benzene rings is 2. The van der Waals surface area contributed by atoms with Crippen LogP contribution in [0.15, 0.2) is 48.5 Å². The van der Waals surface area contributed by atoms with E-state index >= 15 is 0 Å². The summed E-state index contributed by atoms with van der Waals surface area (Å²) in [6, 6.07) is 14.6. The predicted octanol–water partition coefficient (Wildman–Crippen LogP) is 2.28. The molecule has 2 N–H and O–H groups in total. The van der Waals surface area contributed by atoms with E-state index in [4.69, 9.17) is 4.74 Å². The van der Waals surface area contributed by atoms with Gasteiger partial charge in [0.05, 0.1) is 6.04 Å². The Morgan fingerprint density at radius 3 is 2.22 bits per heavy atom. The molecule has 0 bridgehead atoms. The van der Waals surface area contributed by atoms with Gasteiger partial charge in [-0.3, -0.25) is 9.59 Å². The Labute approximate surface area is 133 Å². The van der Waals surface area contributed by atoms with Gasteiger partial charge in [0.1, 0.15) is 17.5 Å². The number of hydrogen-bond acceptors (Lipinski definition) is 3. The van der Waals surface area contributed by atoms with Crippen molar-refractivity contribution < 1.29 is 14.3 Å². The lowest BCUT2D eigenvalue weighted by molar-refractivity contribution is -0.126. The first kappa shape index (κ1) is 13.8. The summed E-state index contributed by atoms with van der Waals surface area (Å²) in [4.78, 5) is 23.8. The van der Waals surface area contributed by atoms with Crippen LogP contribution in [-0.4, -0.2) is 17.9 Å². The van der Waals surface area contributed by atoms with Crippen LogP contribution in [-0.2, 0) is 9.59 Å². The van der Waals surface area contributed by atoms with Crippen LogP contribution in [0, 0.1) is 0 Å². The lowest BCUT2D eigenvalue weighted by Crippen LogP contribution is -2.43. The minimum atomic E-state index is -0.454. The standard InChI is InChI=1S/C18H16N2O3/c21-16-10-9-13(19-16)18(22)20-17-11-5-1-3-7-14(11)23-15-8-4-2-6-12(15)17/h1-8,13,17H,9-10H2,(H,19,21)(H,20,22)/t13-/m1/s1. The smallest absolute Gasteiger partial charge is 0.243 e. The summed E-state index contributed by atoms with van der Waals surface area (Å²) < 4.78 is 5.91. The van der Waals surface area contributed by atoms with E-state index in [1.165, 1.54) is 0 Å². The van der Waals surface area contributed by atoms with Gasteiger partial charge in [-0.25, -0.2) is 0 Å². The highest BCUT2D eigenvalue weighted by atomic mass is 16.5. The molecular formula is C18H16N2O3. The number of ether oxygens (including phenoxy) is 1. The fourth-order valence-electron chi connectivity index (χ4n) is 3.12. The molecule has 5 heteroatoms. The molecule has 23 heavy (non-hydrogen) atoms. The van der Waals surface area contributed by atoms with Crippen LogP contribution in [0.2, 0.25) is 0 Å². The third kappa shape index (κ3) is 2.44. The molecule has 2 aromatic rings. The van der Waals surface area contributed by atoms with Gasteiger partial charge in [0, 0.05) is 17.5 Å². The maximum atomic E-state index is 12.5. The van der Waals surface area contributed by atoms with Gasteiger partial charge in [0.15, 0.2) is 0 Å². The minimum absolute atomic E-state index is 0.0714. The van der Waals surface area contributed by atoms with Gasteiger partial charge < -0.3 is 15.4 Å². The average Bonchev–Trinajstić information content (AvgIpc) is 3.01. The number of para-hydroxylation sites is 2. The quantitative estimate of drug-likeness (QED) is 0.894. The Morgan fingerprint density at radius 1 is 1.04 bits per heavy atom. The molecule has 2 aromatic carbocycles. The summed E-state index contributed by atoms with van der Waals surface area (Å²) in [5.41, 5.74) is 1.84. The van der Waals surface area contributed by atoms with Crippen molar-refractivity contribution in [2.45, 2.75) is 24.9 Å². The molecular weight excluding hydrogens is 292 g/mol. The molecule has 5 nitrogen and oxygen atoms in total. The molecule has 2 aliphatic heterocycles. The highest BCUT2D eigenvalue weighted by molar-refractivity contribution is 5.91. The Balaban J connectivity index is 1.67. The van der Waals surface area contributed by atoms with Gasteiger partial charge in [0.2, 0.25) is 11.8 Å². The van der Waals surface area contributed by atoms with Crippen LogP contribution in [0.1, 0.15) is 30.0 Å². The molecule has 1 atom stereocenters. The average molecular weight is 308 g/mol. The zero-order chi connectivity index (χ0) is 15.8. The summed E-state index contributed by atoms with van der Waals surface area (Å²) in [6.07, 6.45) is 0.941. The van der Waals surface area contributed by atoms with Gasteiger partial charge in [0.25, 0.3) is 0 Å². The number of rotatable bonds is 2. The number of nitrogens with one attached hydrogen (secondary N) is 2. The Hall–Kier alpha value is -2.82. The van der Waals surface area contributed by atoms with E-state index in [2.05, 4.69) is 10.6 Å². The number of amides is 2. The second-order valence-corrected chi connectivity index (χ2v) is 5.78. The van der Waals surface area contributed by atoms with Crippen molar-refractivity contribution in [1.82, 2.24) is 10.6 Å². The lowest BCUT2D eigenvalue weighted by Gasteiger charge is -2.29. The maximum absolute atomic E-state index is 12.5. The summed E-state index contributed by atoms with van der Waals surface area (Å²) in [6.45, 7) is 0. The molecule has 4 rings (SSSR count). The summed E-state index contributed by atoms with van der Waals surface area (Å²) >= 11 is 0. The lowest BCUT2D eigenvalue weighted by atomic mass is 9.94. The highest BCUT2D eigenvalue weighted by Crippen LogP contribution is 2.42. The number of carbonyl (C=O) groups is 2. The summed E-state index contributed by atoms with van der Waals surface area (Å²) in [5, 5.41) is 5.77. The van der Waals surface area contributed by atoms with Gasteiger partial charge in [-0.15, -0.1) is 0 Å². The molecule has 1 fully saturated rings. The topological polar surface area (TPSA) is 67.4 Å². The first-order valence-corrected chi connectivity index (χ1v) is 7.68. The number of fused-ring (bicyclic) bond motifs is 2. The SMILES string of the molecule is O=C1CC[C@H](C(=O)NC2c3ccccc3Oc3ccccc32)N1. The molecule has 116 valence electrons. The fourth-order valence-corrected chi connectivity index (χ4v) is 3.12. The first-order chi connectivity index (χ1) is 11.2. The number of hydrogen-bond donors (Lipinski definition) is 2. The van der Waals surface area contributed by atoms with Crippen molar-refractivity contribution in [2.75, 3.05) is 0 Å². The van der Waals surface area contributed by atoms with E-state index < -0.39 is 6.04 Å². The second-order valence-electron chi connectivity index (χ2n) is 5.78. The summed E-state index contributed by atoms with van der Waals surface area (Å²) in [5.74, 6) is 1.25. The van der Waals surface area contributed by atoms with E-state index in [1.807, 2.05) is 48.5 Å². The number of carbonyl (C=O) groups excluding carboxylic acids is 2.